The molecule has 0 spiro atoms. The standard InChI is InChI=1S/C16H26O/c1-3-7-11-15(12-8-4-1)17-16-13-9-5-2-6-10-14-16/h3,5,7,9,15-16H,1-2,4,6,8,10-14H2. The molecule has 0 aromatic heterocycles. The molecule has 1 heteroatoms. The fraction of sp³-hybridized carbons (Fsp3) is 0.750. The number of allylic oxidation sites excluding steroid dienone is 2. The largest absolute Gasteiger partial charge is 0.374 e. The van der Waals surface area contributed by atoms with E-state index in [2.05, 4.69) is 24.3 Å². The van der Waals surface area contributed by atoms with Crippen molar-refractivity contribution in [3.8, 4) is 0 Å². The first-order valence-corrected chi connectivity index (χ1v) is 7.40. The maximum absolute atomic E-state index is 6.30. The van der Waals surface area contributed by atoms with E-state index in [9.17, 15) is 0 Å². The van der Waals surface area contributed by atoms with Gasteiger partial charge in [0.25, 0.3) is 0 Å². The Hall–Kier alpha value is -0.560. The van der Waals surface area contributed by atoms with Crippen LogP contribution >= 0.6 is 0 Å². The normalized spacial score (nSPS) is 31.3. The van der Waals surface area contributed by atoms with Crippen molar-refractivity contribution in [1.82, 2.24) is 0 Å². The first-order chi connectivity index (χ1) is 8.45. The molecule has 0 saturated carbocycles. The summed E-state index contributed by atoms with van der Waals surface area (Å²) in [5, 5.41) is 0. The van der Waals surface area contributed by atoms with Crippen molar-refractivity contribution in [1.29, 1.82) is 0 Å². The summed E-state index contributed by atoms with van der Waals surface area (Å²) in [7, 11) is 0. The second-order valence-corrected chi connectivity index (χ2v) is 5.36. The topological polar surface area (TPSA) is 9.23 Å². The Morgan fingerprint density at radius 3 is 1.71 bits per heavy atom. The Morgan fingerprint density at radius 1 is 0.647 bits per heavy atom. The van der Waals surface area contributed by atoms with Crippen molar-refractivity contribution < 1.29 is 4.74 Å². The van der Waals surface area contributed by atoms with Crippen LogP contribution < -0.4 is 0 Å². The highest BCUT2D eigenvalue weighted by Crippen LogP contribution is 2.21. The zero-order valence-corrected chi connectivity index (χ0v) is 10.9. The summed E-state index contributed by atoms with van der Waals surface area (Å²) in [6.45, 7) is 0. The van der Waals surface area contributed by atoms with Crippen LogP contribution in [0, 0.1) is 0 Å². The van der Waals surface area contributed by atoms with Gasteiger partial charge in [-0.15, -0.1) is 0 Å². The molecule has 0 saturated heterocycles. The zero-order valence-electron chi connectivity index (χ0n) is 10.9. The van der Waals surface area contributed by atoms with E-state index in [4.69, 9.17) is 4.74 Å². The van der Waals surface area contributed by atoms with Crippen molar-refractivity contribution >= 4 is 0 Å². The summed E-state index contributed by atoms with van der Waals surface area (Å²) < 4.78 is 6.30. The highest BCUT2D eigenvalue weighted by Gasteiger charge is 2.16. The van der Waals surface area contributed by atoms with Crippen LogP contribution in [-0.2, 0) is 4.74 Å². The molecule has 0 aromatic rings. The van der Waals surface area contributed by atoms with Crippen molar-refractivity contribution in [3.63, 3.8) is 0 Å². The van der Waals surface area contributed by atoms with Crippen molar-refractivity contribution in [3.05, 3.63) is 24.3 Å². The van der Waals surface area contributed by atoms with Gasteiger partial charge < -0.3 is 4.74 Å². The summed E-state index contributed by atoms with van der Waals surface area (Å²) in [5.41, 5.74) is 0. The lowest BCUT2D eigenvalue weighted by Crippen LogP contribution is -2.22. The molecular formula is C16H26O. The van der Waals surface area contributed by atoms with Gasteiger partial charge in [-0.1, -0.05) is 37.1 Å². The van der Waals surface area contributed by atoms with E-state index in [1.165, 1.54) is 51.4 Å². The third-order valence-electron chi connectivity index (χ3n) is 3.81. The summed E-state index contributed by atoms with van der Waals surface area (Å²) >= 11 is 0. The maximum atomic E-state index is 6.30. The van der Waals surface area contributed by atoms with Crippen molar-refractivity contribution in [2.75, 3.05) is 0 Å². The minimum absolute atomic E-state index is 0.476. The van der Waals surface area contributed by atoms with Crippen LogP contribution in [0.25, 0.3) is 0 Å². The summed E-state index contributed by atoms with van der Waals surface area (Å²) in [6.07, 6.45) is 22.9. The lowest BCUT2D eigenvalue weighted by Gasteiger charge is -2.25. The van der Waals surface area contributed by atoms with Gasteiger partial charge in [-0.25, -0.2) is 0 Å². The van der Waals surface area contributed by atoms with Crippen LogP contribution in [0.15, 0.2) is 24.3 Å². The molecule has 0 amide bonds. The molecular weight excluding hydrogens is 208 g/mol. The molecule has 0 fully saturated rings. The molecule has 2 rings (SSSR count). The first-order valence-electron chi connectivity index (χ1n) is 7.40. The third-order valence-corrected chi connectivity index (χ3v) is 3.81. The maximum Gasteiger partial charge on any atom is 0.0613 e. The lowest BCUT2D eigenvalue weighted by molar-refractivity contribution is -0.0198. The number of rotatable bonds is 2. The van der Waals surface area contributed by atoms with E-state index in [0.717, 1.165) is 12.8 Å². The third kappa shape index (κ3) is 5.08. The average Bonchev–Trinajstić information content (AvgIpc) is 2.24. The second kappa shape index (κ2) is 7.71. The van der Waals surface area contributed by atoms with Gasteiger partial charge >= 0.3 is 0 Å². The summed E-state index contributed by atoms with van der Waals surface area (Å²) in [4.78, 5) is 0. The number of hydrogen-bond donors (Lipinski definition) is 0. The molecule has 0 aliphatic heterocycles. The van der Waals surface area contributed by atoms with Gasteiger partial charge in [0.05, 0.1) is 12.2 Å². The Morgan fingerprint density at radius 2 is 1.18 bits per heavy atom. The molecule has 17 heavy (non-hydrogen) atoms. The van der Waals surface area contributed by atoms with Gasteiger partial charge in [0.15, 0.2) is 0 Å². The average molecular weight is 234 g/mol. The fourth-order valence-electron chi connectivity index (χ4n) is 2.76. The van der Waals surface area contributed by atoms with Crippen molar-refractivity contribution in [2.24, 2.45) is 0 Å². The predicted molar refractivity (Wildman–Crippen MR) is 73.1 cm³/mol. The van der Waals surface area contributed by atoms with Gasteiger partial charge in [-0.05, 0) is 51.4 Å². The SMILES string of the molecule is C1=CCC(OC2CC=CCCCC2)CCCC1. The smallest absolute Gasteiger partial charge is 0.0613 e. The monoisotopic (exact) mass is 234 g/mol. The number of hydrogen-bond acceptors (Lipinski definition) is 1. The Bertz CT molecular complexity index is 228. The molecule has 2 unspecified atom stereocenters. The van der Waals surface area contributed by atoms with Gasteiger partial charge in [0, 0.05) is 0 Å². The highest BCUT2D eigenvalue weighted by atomic mass is 16.5. The highest BCUT2D eigenvalue weighted by molar-refractivity contribution is 4.89. The van der Waals surface area contributed by atoms with Crippen LogP contribution in [0.1, 0.15) is 64.2 Å². The van der Waals surface area contributed by atoms with Crippen LogP contribution in [-0.4, -0.2) is 12.2 Å². The molecule has 2 aliphatic rings. The Kier molecular flexibility index (Phi) is 5.84. The summed E-state index contributed by atoms with van der Waals surface area (Å²) in [6, 6.07) is 0. The molecule has 0 aromatic carbocycles. The molecule has 2 atom stereocenters. The van der Waals surface area contributed by atoms with Crippen LogP contribution in [0.4, 0.5) is 0 Å². The first kappa shape index (κ1) is 12.9. The van der Waals surface area contributed by atoms with E-state index in [-0.39, 0.29) is 0 Å². The number of ether oxygens (including phenoxy) is 1. The minimum atomic E-state index is 0.476. The Labute approximate surface area is 106 Å². The minimum Gasteiger partial charge on any atom is -0.374 e. The molecule has 2 aliphatic carbocycles. The molecule has 0 bridgehead atoms. The van der Waals surface area contributed by atoms with Gasteiger partial charge in [0.2, 0.25) is 0 Å². The van der Waals surface area contributed by atoms with E-state index in [1.54, 1.807) is 0 Å². The molecule has 0 heterocycles. The van der Waals surface area contributed by atoms with Crippen LogP contribution in [0.3, 0.4) is 0 Å². The van der Waals surface area contributed by atoms with E-state index < -0.39 is 0 Å². The molecule has 0 N–H and O–H groups in total. The zero-order chi connectivity index (χ0) is 11.8. The van der Waals surface area contributed by atoms with E-state index in [0.29, 0.717) is 12.2 Å². The van der Waals surface area contributed by atoms with Crippen molar-refractivity contribution in [2.45, 2.75) is 76.4 Å². The lowest BCUT2D eigenvalue weighted by atomic mass is 10.0. The van der Waals surface area contributed by atoms with Crippen LogP contribution in [0.2, 0.25) is 0 Å². The van der Waals surface area contributed by atoms with Gasteiger partial charge in [-0.3, -0.25) is 0 Å². The van der Waals surface area contributed by atoms with Crippen LogP contribution in [0.5, 0.6) is 0 Å². The molecule has 0 radical (unpaired) electrons. The molecule has 96 valence electrons. The predicted octanol–water partition coefficient (Wildman–Crippen LogP) is 4.78. The van der Waals surface area contributed by atoms with E-state index in [1.807, 2.05) is 0 Å². The van der Waals surface area contributed by atoms with E-state index >= 15 is 0 Å². The second-order valence-electron chi connectivity index (χ2n) is 5.36. The summed E-state index contributed by atoms with van der Waals surface area (Å²) in [5.74, 6) is 0. The fourth-order valence-corrected chi connectivity index (χ4v) is 2.76. The Balaban J connectivity index is 1.80. The van der Waals surface area contributed by atoms with Gasteiger partial charge in [0.1, 0.15) is 0 Å². The van der Waals surface area contributed by atoms with Gasteiger partial charge in [-0.2, -0.15) is 0 Å². The quantitative estimate of drug-likeness (QED) is 0.625. The molecule has 1 nitrogen and oxygen atoms in total.